The molecule has 2 N–H and O–H groups in total. The molecule has 2 aromatic rings. The van der Waals surface area contributed by atoms with Gasteiger partial charge in [0.25, 0.3) is 5.91 Å². The largest absolute Gasteiger partial charge is 0.497 e. The molecule has 152 valence electrons. The molecule has 1 aliphatic heterocycles. The van der Waals surface area contributed by atoms with Gasteiger partial charge < -0.3 is 15.4 Å². The second-order valence-corrected chi connectivity index (χ2v) is 7.23. The first kappa shape index (κ1) is 20.7. The zero-order valence-electron chi connectivity index (χ0n) is 16.4. The van der Waals surface area contributed by atoms with E-state index < -0.39 is 29.9 Å². The molecular formula is C21H22ClN3O4. The molecule has 1 atom stereocenters. The van der Waals surface area contributed by atoms with Crippen LogP contribution in [0.15, 0.2) is 42.5 Å². The Hall–Kier alpha value is -3.06. The number of carbonyl (C=O) groups is 3. The lowest BCUT2D eigenvalue weighted by molar-refractivity contribution is -0.134. The molecule has 7 nitrogen and oxygen atoms in total. The van der Waals surface area contributed by atoms with Crippen molar-refractivity contribution in [2.45, 2.75) is 25.8 Å². The minimum atomic E-state index is -1.21. The highest BCUT2D eigenvalue weighted by Gasteiger charge is 2.51. The van der Waals surface area contributed by atoms with Gasteiger partial charge in [-0.15, -0.1) is 0 Å². The molecule has 0 spiro atoms. The third-order valence-corrected chi connectivity index (χ3v) is 5.45. The SMILES string of the molecule is CC[C@@]1(c2ccc(OC)cc2)NC(=O)N(CC(=O)Nc2ccc(C)c(Cl)c2)C1=O. The Morgan fingerprint density at radius 3 is 2.48 bits per heavy atom. The smallest absolute Gasteiger partial charge is 0.325 e. The number of hydrogen-bond acceptors (Lipinski definition) is 4. The van der Waals surface area contributed by atoms with Gasteiger partial charge in [-0.25, -0.2) is 4.79 Å². The molecule has 3 rings (SSSR count). The molecule has 29 heavy (non-hydrogen) atoms. The van der Waals surface area contributed by atoms with E-state index in [1.165, 1.54) is 0 Å². The number of halogens is 1. The Kier molecular flexibility index (Phi) is 5.79. The Bertz CT molecular complexity index is 961. The average Bonchev–Trinajstić information content (AvgIpc) is 2.96. The predicted molar refractivity (Wildman–Crippen MR) is 110 cm³/mol. The van der Waals surface area contributed by atoms with E-state index >= 15 is 0 Å². The summed E-state index contributed by atoms with van der Waals surface area (Å²) in [4.78, 5) is 39.0. The molecule has 1 fully saturated rings. The van der Waals surface area contributed by atoms with Crippen molar-refractivity contribution in [1.29, 1.82) is 0 Å². The van der Waals surface area contributed by atoms with E-state index in [1.807, 2.05) is 6.92 Å². The highest BCUT2D eigenvalue weighted by molar-refractivity contribution is 6.31. The maximum absolute atomic E-state index is 13.1. The Morgan fingerprint density at radius 2 is 1.90 bits per heavy atom. The number of anilines is 1. The molecule has 0 radical (unpaired) electrons. The van der Waals surface area contributed by atoms with Gasteiger partial charge in [-0.05, 0) is 48.7 Å². The molecule has 1 heterocycles. The fourth-order valence-corrected chi connectivity index (χ4v) is 3.48. The summed E-state index contributed by atoms with van der Waals surface area (Å²) in [5, 5.41) is 5.93. The first-order valence-electron chi connectivity index (χ1n) is 9.15. The third kappa shape index (κ3) is 3.91. The molecule has 1 aliphatic rings. The van der Waals surface area contributed by atoms with Gasteiger partial charge in [0.15, 0.2) is 0 Å². The zero-order valence-corrected chi connectivity index (χ0v) is 17.2. The van der Waals surface area contributed by atoms with Crippen molar-refractivity contribution in [3.8, 4) is 5.75 Å². The average molecular weight is 416 g/mol. The van der Waals surface area contributed by atoms with Crippen LogP contribution in [0.1, 0.15) is 24.5 Å². The number of nitrogens with one attached hydrogen (secondary N) is 2. The number of benzene rings is 2. The number of carbonyl (C=O) groups excluding carboxylic acids is 3. The van der Waals surface area contributed by atoms with Gasteiger partial charge in [0.2, 0.25) is 5.91 Å². The Labute approximate surface area is 174 Å². The van der Waals surface area contributed by atoms with Crippen LogP contribution in [0.5, 0.6) is 5.75 Å². The van der Waals surface area contributed by atoms with Crippen molar-refractivity contribution in [1.82, 2.24) is 10.2 Å². The number of methoxy groups -OCH3 is 1. The van der Waals surface area contributed by atoms with E-state index in [9.17, 15) is 14.4 Å². The van der Waals surface area contributed by atoms with Crippen LogP contribution in [-0.4, -0.2) is 36.4 Å². The van der Waals surface area contributed by atoms with Gasteiger partial charge in [0.1, 0.15) is 17.8 Å². The second kappa shape index (κ2) is 8.13. The third-order valence-electron chi connectivity index (χ3n) is 5.05. The minimum Gasteiger partial charge on any atom is -0.497 e. The lowest BCUT2D eigenvalue weighted by Crippen LogP contribution is -2.44. The van der Waals surface area contributed by atoms with Gasteiger partial charge in [0, 0.05) is 10.7 Å². The van der Waals surface area contributed by atoms with Crippen LogP contribution in [0.3, 0.4) is 0 Å². The number of amides is 4. The highest BCUT2D eigenvalue weighted by atomic mass is 35.5. The first-order valence-corrected chi connectivity index (χ1v) is 9.53. The summed E-state index contributed by atoms with van der Waals surface area (Å²) in [6.45, 7) is 3.26. The number of hydrogen-bond donors (Lipinski definition) is 2. The van der Waals surface area contributed by atoms with Gasteiger partial charge in [-0.2, -0.15) is 0 Å². The monoisotopic (exact) mass is 415 g/mol. The van der Waals surface area contributed by atoms with Gasteiger partial charge in [-0.1, -0.05) is 36.7 Å². The van der Waals surface area contributed by atoms with Crippen LogP contribution in [0.2, 0.25) is 5.02 Å². The van der Waals surface area contributed by atoms with Crippen molar-refractivity contribution in [3.63, 3.8) is 0 Å². The quantitative estimate of drug-likeness (QED) is 0.707. The summed E-state index contributed by atoms with van der Waals surface area (Å²) >= 11 is 6.07. The molecule has 4 amide bonds. The molecule has 1 saturated heterocycles. The number of rotatable bonds is 6. The summed E-state index contributed by atoms with van der Waals surface area (Å²) in [5.41, 5.74) is 0.796. The maximum atomic E-state index is 13.1. The van der Waals surface area contributed by atoms with Crippen molar-refractivity contribution < 1.29 is 19.1 Å². The van der Waals surface area contributed by atoms with Crippen LogP contribution in [0.25, 0.3) is 0 Å². The summed E-state index contributed by atoms with van der Waals surface area (Å²) in [6.07, 6.45) is 0.343. The van der Waals surface area contributed by atoms with Crippen LogP contribution in [-0.2, 0) is 15.1 Å². The summed E-state index contributed by atoms with van der Waals surface area (Å²) < 4.78 is 5.15. The number of urea groups is 1. The summed E-state index contributed by atoms with van der Waals surface area (Å²) in [6, 6.07) is 11.4. The molecular weight excluding hydrogens is 394 g/mol. The van der Waals surface area contributed by atoms with E-state index in [0.29, 0.717) is 28.4 Å². The molecule has 2 aromatic carbocycles. The minimum absolute atomic E-state index is 0.343. The normalized spacial score (nSPS) is 18.6. The molecule has 0 aliphatic carbocycles. The van der Waals surface area contributed by atoms with Gasteiger partial charge >= 0.3 is 6.03 Å². The second-order valence-electron chi connectivity index (χ2n) is 6.82. The van der Waals surface area contributed by atoms with Gasteiger partial charge in [0.05, 0.1) is 7.11 Å². The fraction of sp³-hybridized carbons (Fsp3) is 0.286. The number of imide groups is 1. The van der Waals surface area contributed by atoms with Crippen LogP contribution in [0.4, 0.5) is 10.5 Å². The van der Waals surface area contributed by atoms with Crippen LogP contribution < -0.4 is 15.4 Å². The van der Waals surface area contributed by atoms with Crippen LogP contribution >= 0.6 is 11.6 Å². The van der Waals surface area contributed by atoms with Crippen molar-refractivity contribution in [2.75, 3.05) is 19.0 Å². The summed E-state index contributed by atoms with van der Waals surface area (Å²) in [7, 11) is 1.55. The van der Waals surface area contributed by atoms with E-state index in [1.54, 1.807) is 56.5 Å². The summed E-state index contributed by atoms with van der Waals surface area (Å²) in [5.74, 6) is -0.313. The van der Waals surface area contributed by atoms with Crippen LogP contribution in [0, 0.1) is 6.92 Å². The van der Waals surface area contributed by atoms with E-state index in [4.69, 9.17) is 16.3 Å². The van der Waals surface area contributed by atoms with Gasteiger partial charge in [-0.3, -0.25) is 14.5 Å². The number of aryl methyl sites for hydroxylation is 1. The maximum Gasteiger partial charge on any atom is 0.325 e. The van der Waals surface area contributed by atoms with Crippen molar-refractivity contribution >= 4 is 35.1 Å². The molecule has 8 heteroatoms. The van der Waals surface area contributed by atoms with Crippen molar-refractivity contribution in [3.05, 3.63) is 58.6 Å². The predicted octanol–water partition coefficient (Wildman–Crippen LogP) is 3.45. The Balaban J connectivity index is 1.77. The van der Waals surface area contributed by atoms with E-state index in [-0.39, 0.29) is 0 Å². The van der Waals surface area contributed by atoms with E-state index in [0.717, 1.165) is 10.5 Å². The molecule has 0 unspecified atom stereocenters. The number of nitrogens with zero attached hydrogens (tertiary/aromatic N) is 1. The Morgan fingerprint density at radius 1 is 1.21 bits per heavy atom. The van der Waals surface area contributed by atoms with Crippen molar-refractivity contribution in [2.24, 2.45) is 0 Å². The lowest BCUT2D eigenvalue weighted by atomic mass is 9.87. The topological polar surface area (TPSA) is 87.7 Å². The fourth-order valence-electron chi connectivity index (χ4n) is 3.30. The molecule has 0 aromatic heterocycles. The first-order chi connectivity index (χ1) is 13.8. The molecule has 0 bridgehead atoms. The zero-order chi connectivity index (χ0) is 21.2. The van der Waals surface area contributed by atoms with E-state index in [2.05, 4.69) is 10.6 Å². The highest BCUT2D eigenvalue weighted by Crippen LogP contribution is 2.33. The number of ether oxygens (including phenoxy) is 1. The lowest BCUT2D eigenvalue weighted by Gasteiger charge is -2.26. The standard InChI is InChI=1S/C21H22ClN3O4/c1-4-21(14-6-9-16(29-3)10-7-14)19(27)25(20(28)24-21)12-18(26)23-15-8-5-13(2)17(22)11-15/h5-11H,4,12H2,1-3H3,(H,23,26)(H,24,28)/t21-/m0/s1. The molecule has 0 saturated carbocycles.